The first-order valence-electron chi connectivity index (χ1n) is 5.82. The smallest absolute Gasteiger partial charge is 0.00717 e. The molecule has 2 rings (SSSR count). The van der Waals surface area contributed by atoms with Crippen LogP contribution in [0.4, 0.5) is 0 Å². The highest BCUT2D eigenvalue weighted by molar-refractivity contribution is 5.13. The quantitative estimate of drug-likeness (QED) is 0.711. The summed E-state index contributed by atoms with van der Waals surface area (Å²) in [6, 6.07) is 0. The lowest BCUT2D eigenvalue weighted by Crippen LogP contribution is -2.22. The summed E-state index contributed by atoms with van der Waals surface area (Å²) in [6.07, 6.45) is 8.58. The molecule has 13 heavy (non-hydrogen) atoms. The average molecular weight is 181 g/mol. The predicted octanol–water partition coefficient (Wildman–Crippen LogP) is 2.94. The lowest BCUT2D eigenvalue weighted by atomic mass is 9.79. The lowest BCUT2D eigenvalue weighted by molar-refractivity contribution is 0.232. The van der Waals surface area contributed by atoms with Crippen molar-refractivity contribution >= 4 is 0 Å². The van der Waals surface area contributed by atoms with Gasteiger partial charge in [-0.3, -0.25) is 0 Å². The van der Waals surface area contributed by atoms with E-state index in [-0.39, 0.29) is 0 Å². The highest BCUT2D eigenvalue weighted by Crippen LogP contribution is 2.71. The minimum Gasteiger partial charge on any atom is -0.330 e. The van der Waals surface area contributed by atoms with Crippen LogP contribution in [-0.2, 0) is 0 Å². The lowest BCUT2D eigenvalue weighted by Gasteiger charge is -2.26. The molecule has 1 heteroatoms. The maximum Gasteiger partial charge on any atom is -0.00717 e. The first kappa shape index (κ1) is 9.51. The Hall–Kier alpha value is -0.0400. The van der Waals surface area contributed by atoms with E-state index in [1.807, 2.05) is 0 Å². The number of hydrogen-bond donors (Lipinski definition) is 1. The normalized spacial score (nSPS) is 38.1. The molecule has 0 aromatic rings. The summed E-state index contributed by atoms with van der Waals surface area (Å²) >= 11 is 0. The maximum absolute atomic E-state index is 5.74. The van der Waals surface area contributed by atoms with E-state index in [4.69, 9.17) is 5.73 Å². The van der Waals surface area contributed by atoms with Crippen molar-refractivity contribution in [1.82, 2.24) is 0 Å². The van der Waals surface area contributed by atoms with Crippen molar-refractivity contribution in [3.63, 3.8) is 0 Å². The SMILES string of the molecule is CC1(C)CC1(CCN)C1CCCC1. The molecular weight excluding hydrogens is 158 g/mol. The van der Waals surface area contributed by atoms with Crippen LogP contribution < -0.4 is 5.73 Å². The third-order valence-corrected chi connectivity index (χ3v) is 4.71. The van der Waals surface area contributed by atoms with Gasteiger partial charge in [0.05, 0.1) is 0 Å². The van der Waals surface area contributed by atoms with Gasteiger partial charge in [-0.15, -0.1) is 0 Å². The standard InChI is InChI=1S/C12H23N/c1-11(2)9-12(11,7-8-13)10-5-3-4-6-10/h10H,3-9,13H2,1-2H3. The van der Waals surface area contributed by atoms with Gasteiger partial charge in [-0.2, -0.15) is 0 Å². The molecule has 0 heterocycles. The van der Waals surface area contributed by atoms with Crippen molar-refractivity contribution < 1.29 is 0 Å². The molecule has 0 bridgehead atoms. The van der Waals surface area contributed by atoms with Crippen LogP contribution in [0.5, 0.6) is 0 Å². The molecule has 0 saturated heterocycles. The largest absolute Gasteiger partial charge is 0.330 e. The monoisotopic (exact) mass is 181 g/mol. The van der Waals surface area contributed by atoms with Crippen molar-refractivity contribution in [1.29, 1.82) is 0 Å². The molecular formula is C12H23N. The Balaban J connectivity index is 2.07. The van der Waals surface area contributed by atoms with E-state index in [2.05, 4.69) is 13.8 Å². The summed E-state index contributed by atoms with van der Waals surface area (Å²) in [5, 5.41) is 0. The van der Waals surface area contributed by atoms with Crippen LogP contribution in [0.25, 0.3) is 0 Å². The molecule has 1 unspecified atom stereocenters. The predicted molar refractivity (Wildman–Crippen MR) is 56.5 cm³/mol. The Morgan fingerprint density at radius 2 is 1.77 bits per heavy atom. The molecule has 0 aromatic carbocycles. The second-order valence-corrected chi connectivity index (χ2v) is 5.74. The van der Waals surface area contributed by atoms with Gasteiger partial charge in [-0.1, -0.05) is 26.7 Å². The molecule has 0 radical (unpaired) electrons. The number of hydrogen-bond acceptors (Lipinski definition) is 1. The van der Waals surface area contributed by atoms with Crippen LogP contribution in [0, 0.1) is 16.7 Å². The van der Waals surface area contributed by atoms with E-state index in [9.17, 15) is 0 Å². The van der Waals surface area contributed by atoms with Gasteiger partial charge >= 0.3 is 0 Å². The van der Waals surface area contributed by atoms with Crippen molar-refractivity contribution in [3.05, 3.63) is 0 Å². The molecule has 2 aliphatic carbocycles. The van der Waals surface area contributed by atoms with Crippen LogP contribution in [0.2, 0.25) is 0 Å². The zero-order valence-corrected chi connectivity index (χ0v) is 9.10. The molecule has 1 nitrogen and oxygen atoms in total. The molecule has 0 aromatic heterocycles. The van der Waals surface area contributed by atoms with E-state index in [1.165, 1.54) is 38.5 Å². The highest BCUT2D eigenvalue weighted by atomic mass is 14.7. The third kappa shape index (κ3) is 1.32. The summed E-state index contributed by atoms with van der Waals surface area (Å²) in [6.45, 7) is 5.75. The molecule has 0 spiro atoms. The van der Waals surface area contributed by atoms with E-state index >= 15 is 0 Å². The topological polar surface area (TPSA) is 26.0 Å². The van der Waals surface area contributed by atoms with Gasteiger partial charge in [0, 0.05) is 0 Å². The fourth-order valence-corrected chi connectivity index (χ4v) is 3.81. The second-order valence-electron chi connectivity index (χ2n) is 5.74. The van der Waals surface area contributed by atoms with Gasteiger partial charge in [-0.25, -0.2) is 0 Å². The van der Waals surface area contributed by atoms with Gasteiger partial charge in [0.2, 0.25) is 0 Å². The first-order chi connectivity index (χ1) is 6.12. The minimum atomic E-state index is 0.599. The Kier molecular flexibility index (Phi) is 2.18. The van der Waals surface area contributed by atoms with Crippen molar-refractivity contribution in [2.45, 2.75) is 52.4 Å². The molecule has 2 aliphatic rings. The third-order valence-electron chi connectivity index (χ3n) is 4.71. The molecule has 2 fully saturated rings. The van der Waals surface area contributed by atoms with E-state index in [1.54, 1.807) is 0 Å². The summed E-state index contributed by atoms with van der Waals surface area (Å²) in [5.74, 6) is 1.01. The van der Waals surface area contributed by atoms with Gasteiger partial charge in [0.25, 0.3) is 0 Å². The maximum atomic E-state index is 5.74. The second kappa shape index (κ2) is 2.98. The zero-order chi connectivity index (χ0) is 9.53. The van der Waals surface area contributed by atoms with E-state index < -0.39 is 0 Å². The van der Waals surface area contributed by atoms with Gasteiger partial charge in [-0.05, 0) is 49.0 Å². The Morgan fingerprint density at radius 3 is 2.15 bits per heavy atom. The summed E-state index contributed by atoms with van der Waals surface area (Å²) in [5.41, 5.74) is 6.99. The van der Waals surface area contributed by atoms with Crippen molar-refractivity contribution in [3.8, 4) is 0 Å². The minimum absolute atomic E-state index is 0.599. The van der Waals surface area contributed by atoms with Crippen LogP contribution in [-0.4, -0.2) is 6.54 Å². The van der Waals surface area contributed by atoms with Crippen LogP contribution >= 0.6 is 0 Å². The van der Waals surface area contributed by atoms with Crippen LogP contribution in [0.15, 0.2) is 0 Å². The Labute approximate surface area is 82.1 Å². The van der Waals surface area contributed by atoms with Gasteiger partial charge < -0.3 is 5.73 Å². The first-order valence-corrected chi connectivity index (χ1v) is 5.82. The van der Waals surface area contributed by atoms with E-state index in [0.29, 0.717) is 10.8 Å². The fraction of sp³-hybridized carbons (Fsp3) is 1.00. The molecule has 0 amide bonds. The average Bonchev–Trinajstić information content (AvgIpc) is 2.55. The Bertz CT molecular complexity index is 191. The fourth-order valence-electron chi connectivity index (χ4n) is 3.81. The van der Waals surface area contributed by atoms with Gasteiger partial charge in [0.1, 0.15) is 0 Å². The van der Waals surface area contributed by atoms with Crippen molar-refractivity contribution in [2.24, 2.45) is 22.5 Å². The van der Waals surface area contributed by atoms with E-state index in [0.717, 1.165) is 12.5 Å². The molecule has 76 valence electrons. The van der Waals surface area contributed by atoms with Crippen LogP contribution in [0.3, 0.4) is 0 Å². The highest BCUT2D eigenvalue weighted by Gasteiger charge is 2.63. The summed E-state index contributed by atoms with van der Waals surface area (Å²) in [7, 11) is 0. The van der Waals surface area contributed by atoms with Crippen molar-refractivity contribution in [2.75, 3.05) is 6.54 Å². The number of nitrogens with two attached hydrogens (primary N) is 1. The van der Waals surface area contributed by atoms with Gasteiger partial charge in [0.15, 0.2) is 0 Å². The molecule has 1 atom stereocenters. The molecule has 2 N–H and O–H groups in total. The summed E-state index contributed by atoms with van der Waals surface area (Å²) < 4.78 is 0. The molecule has 2 saturated carbocycles. The molecule has 0 aliphatic heterocycles. The zero-order valence-electron chi connectivity index (χ0n) is 9.10. The number of rotatable bonds is 3. The van der Waals surface area contributed by atoms with Crippen LogP contribution in [0.1, 0.15) is 52.4 Å². The summed E-state index contributed by atoms with van der Waals surface area (Å²) in [4.78, 5) is 0. The Morgan fingerprint density at radius 1 is 1.23 bits per heavy atom.